The monoisotopic (exact) mass is 373 g/mol. The molecule has 136 valence electrons. The lowest BCUT2D eigenvalue weighted by Crippen LogP contribution is -1.99. The maximum Gasteiger partial charge on any atom is 0.179 e. The van der Waals surface area contributed by atoms with Crippen LogP contribution in [0.1, 0.15) is 44.1 Å². The minimum absolute atomic E-state index is 0.739. The van der Waals surface area contributed by atoms with Crippen LogP contribution in [0, 0.1) is 0 Å². The zero-order valence-electron chi connectivity index (χ0n) is 15.6. The lowest BCUT2D eigenvalue weighted by molar-refractivity contribution is 0.881. The number of hydrogen-bond acceptors (Lipinski definition) is 3. The molecule has 1 aliphatic carbocycles. The molecule has 2 aromatic carbocycles. The van der Waals surface area contributed by atoms with Gasteiger partial charge in [0, 0.05) is 17.3 Å². The van der Waals surface area contributed by atoms with Gasteiger partial charge in [-0.05, 0) is 54.3 Å². The third-order valence-electron chi connectivity index (χ3n) is 5.32. The molecule has 0 spiro atoms. The van der Waals surface area contributed by atoms with E-state index >= 15 is 0 Å². The third-order valence-corrected chi connectivity index (χ3v) is 6.35. The minimum atomic E-state index is 0.739. The number of hydrogen-bond donors (Lipinski definition) is 0. The van der Waals surface area contributed by atoms with Gasteiger partial charge in [-0.2, -0.15) is 0 Å². The molecule has 0 radical (unpaired) electrons. The van der Waals surface area contributed by atoms with Crippen molar-refractivity contribution < 1.29 is 0 Å². The van der Waals surface area contributed by atoms with E-state index in [1.807, 2.05) is 24.0 Å². The van der Waals surface area contributed by atoms with Crippen LogP contribution in [0.4, 0.5) is 0 Å². The van der Waals surface area contributed by atoms with Crippen molar-refractivity contribution in [3.05, 3.63) is 60.3 Å². The summed E-state index contributed by atoms with van der Waals surface area (Å²) in [5.74, 6) is 1.82. The Hall–Kier alpha value is -2.33. The van der Waals surface area contributed by atoms with Gasteiger partial charge in [0.15, 0.2) is 10.8 Å². The highest BCUT2D eigenvalue weighted by atomic mass is 32.2. The number of thioether (sulfide) groups is 1. The van der Waals surface area contributed by atoms with Crippen molar-refractivity contribution in [2.45, 2.75) is 43.7 Å². The van der Waals surface area contributed by atoms with Gasteiger partial charge < -0.3 is 0 Å². The van der Waals surface area contributed by atoms with Crippen molar-refractivity contribution in [1.82, 2.24) is 14.5 Å². The molecule has 4 heteroatoms. The molecule has 0 atom stereocenters. The average molecular weight is 374 g/mol. The molecular weight excluding hydrogens is 350 g/mol. The quantitative estimate of drug-likeness (QED) is 0.292. The van der Waals surface area contributed by atoms with Crippen LogP contribution in [0.3, 0.4) is 0 Å². The fourth-order valence-corrected chi connectivity index (χ4v) is 4.87. The number of rotatable bonds is 6. The third kappa shape index (κ3) is 3.02. The Kier molecular flexibility index (Phi) is 4.36. The second kappa shape index (κ2) is 7.01. The maximum absolute atomic E-state index is 4.85. The average Bonchev–Trinajstić information content (AvgIpc) is 3.48. The second-order valence-corrected chi connectivity index (χ2v) is 8.33. The number of nitrogens with zero attached hydrogens (tertiary/aromatic N) is 3. The predicted octanol–water partition coefficient (Wildman–Crippen LogP) is 6.34. The van der Waals surface area contributed by atoms with E-state index in [2.05, 4.69) is 58.9 Å². The van der Waals surface area contributed by atoms with Gasteiger partial charge in [-0.3, -0.25) is 4.57 Å². The maximum atomic E-state index is 4.85. The number of unbranched alkanes of at least 4 members (excludes halogenated alkanes) is 1. The molecule has 3 nitrogen and oxygen atoms in total. The summed E-state index contributed by atoms with van der Waals surface area (Å²) in [6.45, 7) is 2.23. The van der Waals surface area contributed by atoms with E-state index in [0.717, 1.165) is 28.0 Å². The molecule has 0 unspecified atom stereocenters. The van der Waals surface area contributed by atoms with Crippen LogP contribution in [0.15, 0.2) is 59.9 Å². The van der Waals surface area contributed by atoms with Gasteiger partial charge in [-0.1, -0.05) is 55.4 Å². The fourth-order valence-electron chi connectivity index (χ4n) is 3.78. The first-order chi connectivity index (χ1) is 13.4. The number of imidazole rings is 1. The van der Waals surface area contributed by atoms with Crippen LogP contribution in [-0.4, -0.2) is 20.3 Å². The van der Waals surface area contributed by atoms with Crippen LogP contribution >= 0.6 is 11.8 Å². The van der Waals surface area contributed by atoms with Crippen LogP contribution in [0.25, 0.3) is 27.6 Å². The van der Waals surface area contributed by atoms with Crippen molar-refractivity contribution in [3.8, 4) is 5.69 Å². The van der Waals surface area contributed by atoms with Gasteiger partial charge in [0.1, 0.15) is 0 Å². The van der Waals surface area contributed by atoms with Gasteiger partial charge in [-0.15, -0.1) is 0 Å². The number of benzene rings is 2. The largest absolute Gasteiger partial charge is 0.285 e. The van der Waals surface area contributed by atoms with E-state index in [9.17, 15) is 0 Å². The molecular formula is C23H23N3S. The molecule has 0 bridgehead atoms. The Morgan fingerprint density at radius 3 is 2.70 bits per heavy atom. The number of pyridine rings is 1. The van der Waals surface area contributed by atoms with E-state index in [4.69, 9.17) is 4.98 Å². The molecule has 0 saturated heterocycles. The Bertz CT molecular complexity index is 1110. The Balaban J connectivity index is 1.73. The van der Waals surface area contributed by atoms with E-state index in [0.29, 0.717) is 0 Å². The normalized spacial score (nSPS) is 14.3. The Morgan fingerprint density at radius 1 is 1.04 bits per heavy atom. The SMILES string of the molecule is CCCCSc1nc2ncccc2n1-c1ccc(C2CC2)c2ccccc12. The predicted molar refractivity (Wildman–Crippen MR) is 114 cm³/mol. The molecule has 4 aromatic rings. The summed E-state index contributed by atoms with van der Waals surface area (Å²) in [6, 6.07) is 17.6. The Labute approximate surface area is 163 Å². The first kappa shape index (κ1) is 16.8. The molecule has 27 heavy (non-hydrogen) atoms. The van der Waals surface area contributed by atoms with Crippen molar-refractivity contribution in [3.63, 3.8) is 0 Å². The zero-order valence-corrected chi connectivity index (χ0v) is 16.4. The van der Waals surface area contributed by atoms with Gasteiger partial charge in [0.25, 0.3) is 0 Å². The van der Waals surface area contributed by atoms with Gasteiger partial charge in [0.2, 0.25) is 0 Å². The highest BCUT2D eigenvalue weighted by Gasteiger charge is 2.26. The van der Waals surface area contributed by atoms with E-state index in [1.165, 1.54) is 47.7 Å². The molecule has 2 heterocycles. The van der Waals surface area contributed by atoms with E-state index in [-0.39, 0.29) is 0 Å². The van der Waals surface area contributed by atoms with Gasteiger partial charge in [0.05, 0.1) is 11.2 Å². The lowest BCUT2D eigenvalue weighted by atomic mass is 9.99. The summed E-state index contributed by atoms with van der Waals surface area (Å²) >= 11 is 1.84. The smallest absolute Gasteiger partial charge is 0.179 e. The van der Waals surface area contributed by atoms with Gasteiger partial charge >= 0.3 is 0 Å². The standard InChI is InChI=1S/C23H23N3S/c1-2-3-15-27-23-25-22-21(9-6-14-24-22)26(23)20-13-12-17(16-10-11-16)18-7-4-5-8-19(18)20/h4-9,12-14,16H,2-3,10-11,15H2,1H3. The van der Waals surface area contributed by atoms with E-state index in [1.54, 1.807) is 0 Å². The summed E-state index contributed by atoms with van der Waals surface area (Å²) in [4.78, 5) is 9.36. The summed E-state index contributed by atoms with van der Waals surface area (Å²) in [5, 5.41) is 3.73. The molecule has 1 fully saturated rings. The zero-order chi connectivity index (χ0) is 18.2. The van der Waals surface area contributed by atoms with Crippen LogP contribution < -0.4 is 0 Å². The Morgan fingerprint density at radius 2 is 1.89 bits per heavy atom. The highest BCUT2D eigenvalue weighted by molar-refractivity contribution is 7.99. The molecule has 1 aliphatic rings. The van der Waals surface area contributed by atoms with Crippen molar-refractivity contribution in [2.75, 3.05) is 5.75 Å². The summed E-state index contributed by atoms with van der Waals surface area (Å²) in [6.07, 6.45) is 6.86. The topological polar surface area (TPSA) is 30.7 Å². The second-order valence-electron chi connectivity index (χ2n) is 7.27. The molecule has 2 aromatic heterocycles. The van der Waals surface area contributed by atoms with Crippen molar-refractivity contribution in [1.29, 1.82) is 0 Å². The van der Waals surface area contributed by atoms with E-state index < -0.39 is 0 Å². The summed E-state index contributed by atoms with van der Waals surface area (Å²) in [7, 11) is 0. The van der Waals surface area contributed by atoms with Crippen molar-refractivity contribution in [2.24, 2.45) is 0 Å². The lowest BCUT2D eigenvalue weighted by Gasteiger charge is -2.14. The molecule has 1 saturated carbocycles. The minimum Gasteiger partial charge on any atom is -0.285 e. The fraction of sp³-hybridized carbons (Fsp3) is 0.304. The molecule has 0 N–H and O–H groups in total. The molecule has 0 aliphatic heterocycles. The van der Waals surface area contributed by atoms with Crippen molar-refractivity contribution >= 4 is 33.7 Å². The molecule has 5 rings (SSSR count). The first-order valence-electron chi connectivity index (χ1n) is 9.85. The summed E-state index contributed by atoms with van der Waals surface area (Å²) in [5.41, 5.74) is 4.62. The number of fused-ring (bicyclic) bond motifs is 2. The van der Waals surface area contributed by atoms with Crippen LogP contribution in [0.2, 0.25) is 0 Å². The molecule has 0 amide bonds. The van der Waals surface area contributed by atoms with Crippen LogP contribution in [-0.2, 0) is 0 Å². The van der Waals surface area contributed by atoms with Crippen LogP contribution in [0.5, 0.6) is 0 Å². The number of aromatic nitrogens is 3. The highest BCUT2D eigenvalue weighted by Crippen LogP contribution is 2.44. The first-order valence-corrected chi connectivity index (χ1v) is 10.8. The van der Waals surface area contributed by atoms with Gasteiger partial charge in [-0.25, -0.2) is 9.97 Å². The summed E-state index contributed by atoms with van der Waals surface area (Å²) < 4.78 is 2.31.